The lowest BCUT2D eigenvalue weighted by Gasteiger charge is -2.53. The fourth-order valence-corrected chi connectivity index (χ4v) is 6.47. The number of phenolic OH excluding ortho intramolecular Hbond substituents is 1. The highest BCUT2D eigenvalue weighted by atomic mass is 16.4. The number of primary amides is 1. The van der Waals surface area contributed by atoms with Crippen molar-refractivity contribution in [3.05, 3.63) is 70.5 Å². The topological polar surface area (TPSA) is 182 Å². The maximum Gasteiger partial charge on any atom is 0.255 e. The average molecular weight is 521 g/mol. The fourth-order valence-electron chi connectivity index (χ4n) is 6.47. The van der Waals surface area contributed by atoms with Crippen molar-refractivity contribution in [1.82, 2.24) is 4.90 Å². The lowest BCUT2D eigenvalue weighted by Crippen LogP contribution is -2.70. The van der Waals surface area contributed by atoms with Crippen LogP contribution >= 0.6 is 0 Å². The molecule has 1 amide bonds. The molecule has 10 heteroatoms. The molecule has 6 atom stereocenters. The average Bonchev–Trinajstić information content (AvgIpc) is 2.86. The van der Waals surface area contributed by atoms with Crippen molar-refractivity contribution in [1.29, 1.82) is 0 Å². The summed E-state index contributed by atoms with van der Waals surface area (Å²) in [7, 11) is 2.93. The Morgan fingerprint density at radius 1 is 1.03 bits per heavy atom. The van der Waals surface area contributed by atoms with E-state index < -0.39 is 75.6 Å². The first-order chi connectivity index (χ1) is 17.8. The number of carbonyl (C=O) groups excluding carboxylic acids is 3. The molecule has 0 saturated heterocycles. The Morgan fingerprint density at radius 2 is 1.66 bits per heavy atom. The van der Waals surface area contributed by atoms with Crippen molar-refractivity contribution < 1.29 is 39.9 Å². The molecule has 0 bridgehead atoms. The lowest BCUT2D eigenvalue weighted by molar-refractivity contribution is -0.169. The number of hydrogen-bond acceptors (Lipinski definition) is 9. The van der Waals surface area contributed by atoms with E-state index >= 15 is 0 Å². The molecule has 198 valence electrons. The number of hydrogen-bond donors (Lipinski definition) is 6. The van der Waals surface area contributed by atoms with Crippen LogP contribution in [0.2, 0.25) is 0 Å². The van der Waals surface area contributed by atoms with Gasteiger partial charge >= 0.3 is 0 Å². The van der Waals surface area contributed by atoms with Crippen molar-refractivity contribution in [2.75, 3.05) is 14.1 Å². The van der Waals surface area contributed by atoms with E-state index in [1.165, 1.54) is 19.0 Å². The van der Waals surface area contributed by atoms with Crippen LogP contribution in [0, 0.1) is 11.8 Å². The number of benzene rings is 2. The molecule has 0 aromatic heterocycles. The van der Waals surface area contributed by atoms with E-state index in [0.29, 0.717) is 16.7 Å². The zero-order valence-electron chi connectivity index (χ0n) is 20.9. The molecule has 0 radical (unpaired) electrons. The van der Waals surface area contributed by atoms with Gasteiger partial charge in [-0.2, -0.15) is 0 Å². The first-order valence-electron chi connectivity index (χ1n) is 12.1. The monoisotopic (exact) mass is 520 g/mol. The van der Waals surface area contributed by atoms with Crippen LogP contribution in [0.3, 0.4) is 0 Å². The molecule has 1 saturated carbocycles. The third-order valence-electron chi connectivity index (χ3n) is 8.21. The van der Waals surface area contributed by atoms with Gasteiger partial charge in [0.05, 0.1) is 23.6 Å². The van der Waals surface area contributed by atoms with Crippen LogP contribution in [-0.2, 0) is 14.4 Å². The number of phenols is 1. The first kappa shape index (κ1) is 25.7. The number of Topliss-reactive ketones (excluding diaryl/α,β-unsaturated/α-hetero) is 2. The maximum atomic E-state index is 14.0. The van der Waals surface area contributed by atoms with Crippen LogP contribution in [0.4, 0.5) is 0 Å². The molecule has 3 aliphatic carbocycles. The van der Waals surface area contributed by atoms with Gasteiger partial charge in [0.1, 0.15) is 22.8 Å². The minimum atomic E-state index is -2.93. The van der Waals surface area contributed by atoms with Crippen LogP contribution < -0.4 is 5.73 Å². The van der Waals surface area contributed by atoms with Gasteiger partial charge < -0.3 is 31.3 Å². The van der Waals surface area contributed by atoms with Gasteiger partial charge in [-0.3, -0.25) is 19.3 Å². The van der Waals surface area contributed by atoms with E-state index in [2.05, 4.69) is 0 Å². The molecule has 0 heterocycles. The summed E-state index contributed by atoms with van der Waals surface area (Å²) in [4.78, 5) is 40.7. The van der Waals surface area contributed by atoms with E-state index in [4.69, 9.17) is 5.73 Å². The van der Waals surface area contributed by atoms with E-state index in [0.717, 1.165) is 0 Å². The molecule has 3 aliphatic rings. The summed E-state index contributed by atoms with van der Waals surface area (Å²) in [6, 6.07) is 10.9. The molecule has 7 N–H and O–H groups in total. The van der Waals surface area contributed by atoms with Crippen molar-refractivity contribution in [3.63, 3.8) is 0 Å². The SMILES string of the molecule is CC1c2ccc(-c3ccccc3)c(O)c2C(O)=C2C(=O)C3(O)C(O)=C(C(N)=O)C(=O)C(N(C)C)C3C(O)C21. The molecule has 2 aromatic rings. The molecule has 10 nitrogen and oxygen atoms in total. The van der Waals surface area contributed by atoms with Gasteiger partial charge in [-0.05, 0) is 31.1 Å². The second-order valence-corrected chi connectivity index (χ2v) is 10.3. The number of aromatic hydroxyl groups is 1. The molecule has 2 aromatic carbocycles. The van der Waals surface area contributed by atoms with Crippen molar-refractivity contribution in [2.24, 2.45) is 17.6 Å². The van der Waals surface area contributed by atoms with Gasteiger partial charge in [0.2, 0.25) is 5.78 Å². The van der Waals surface area contributed by atoms with Crippen LogP contribution in [0.25, 0.3) is 16.9 Å². The van der Waals surface area contributed by atoms with Gasteiger partial charge in [0.15, 0.2) is 11.4 Å². The summed E-state index contributed by atoms with van der Waals surface area (Å²) in [6.07, 6.45) is -1.62. The standard InChI is InChI=1S/C28H28N2O8/c1-11-13-9-10-14(12-7-5-4-6-8-12)21(31)16(13)22(32)17-15(11)23(33)19-20(30(2)3)24(34)18(27(29)37)26(36)28(19,38)25(17)35/h4-11,15,19-20,23,31-33,36,38H,1-3H3,(H2,29,37). The molecule has 1 fully saturated rings. The molecule has 0 aliphatic heterocycles. The number of carbonyl (C=O) groups is 3. The predicted octanol–water partition coefficient (Wildman–Crippen LogP) is 1.16. The van der Waals surface area contributed by atoms with E-state index in [-0.39, 0.29) is 11.3 Å². The maximum absolute atomic E-state index is 14.0. The Bertz CT molecular complexity index is 1460. The highest BCUT2D eigenvalue weighted by Gasteiger charge is 2.68. The molecule has 38 heavy (non-hydrogen) atoms. The number of nitrogens with zero attached hydrogens (tertiary/aromatic N) is 1. The number of aliphatic hydroxyl groups is 4. The largest absolute Gasteiger partial charge is 0.508 e. The Morgan fingerprint density at radius 3 is 2.24 bits per heavy atom. The quantitative estimate of drug-likeness (QED) is 0.324. The Hall–Kier alpha value is -3.99. The van der Waals surface area contributed by atoms with Crippen LogP contribution in [0.1, 0.15) is 24.0 Å². The molecular weight excluding hydrogens is 492 g/mol. The van der Waals surface area contributed by atoms with E-state index in [9.17, 15) is 39.9 Å². The van der Waals surface area contributed by atoms with Gasteiger partial charge in [-0.15, -0.1) is 0 Å². The number of amides is 1. The summed E-state index contributed by atoms with van der Waals surface area (Å²) >= 11 is 0. The number of fused-ring (bicyclic) bond motifs is 3. The smallest absolute Gasteiger partial charge is 0.255 e. The second-order valence-electron chi connectivity index (χ2n) is 10.3. The zero-order chi connectivity index (χ0) is 27.8. The fraction of sp³-hybridized carbons (Fsp3) is 0.321. The molecule has 6 unspecified atom stereocenters. The number of aliphatic hydroxyl groups excluding tert-OH is 3. The first-order valence-corrected chi connectivity index (χ1v) is 12.1. The third-order valence-corrected chi connectivity index (χ3v) is 8.21. The van der Waals surface area contributed by atoms with Gasteiger partial charge in [-0.1, -0.05) is 49.4 Å². The molecular formula is C28H28N2O8. The van der Waals surface area contributed by atoms with Crippen molar-refractivity contribution >= 4 is 23.2 Å². The Kier molecular flexibility index (Phi) is 5.75. The lowest BCUT2D eigenvalue weighted by atomic mass is 9.54. The summed E-state index contributed by atoms with van der Waals surface area (Å²) in [5.74, 6) is -9.03. The Balaban J connectivity index is 1.79. The Labute approximate surface area is 217 Å². The summed E-state index contributed by atoms with van der Waals surface area (Å²) in [6.45, 7) is 1.69. The number of likely N-dealkylation sites (N-methyl/N-ethyl adjacent to an activating group) is 1. The third kappa shape index (κ3) is 3.14. The molecule has 0 spiro atoms. The van der Waals surface area contributed by atoms with Crippen molar-refractivity contribution in [3.8, 4) is 16.9 Å². The number of nitrogens with two attached hydrogens (primary N) is 1. The normalized spacial score (nSPS) is 30.7. The van der Waals surface area contributed by atoms with Crippen LogP contribution in [0.15, 0.2) is 59.4 Å². The summed E-state index contributed by atoms with van der Waals surface area (Å²) in [5.41, 5.74) is 2.49. The predicted molar refractivity (Wildman–Crippen MR) is 136 cm³/mol. The zero-order valence-corrected chi connectivity index (χ0v) is 20.9. The minimum absolute atomic E-state index is 0.0395. The minimum Gasteiger partial charge on any atom is -0.508 e. The summed E-state index contributed by atoms with van der Waals surface area (Å²) in [5, 5.41) is 57.0. The van der Waals surface area contributed by atoms with Gasteiger partial charge in [-0.25, -0.2) is 0 Å². The van der Waals surface area contributed by atoms with E-state index in [1.807, 2.05) is 0 Å². The number of rotatable bonds is 3. The van der Waals surface area contributed by atoms with Gasteiger partial charge in [0, 0.05) is 17.1 Å². The second kappa shape index (κ2) is 8.52. The highest BCUT2D eigenvalue weighted by molar-refractivity contribution is 6.24. The number of ketones is 2. The molecule has 5 rings (SSSR count). The summed E-state index contributed by atoms with van der Waals surface area (Å²) < 4.78 is 0. The van der Waals surface area contributed by atoms with E-state index in [1.54, 1.807) is 49.4 Å². The highest BCUT2D eigenvalue weighted by Crippen LogP contribution is 2.56. The van der Waals surface area contributed by atoms with Gasteiger partial charge in [0.25, 0.3) is 5.91 Å². The van der Waals surface area contributed by atoms with Crippen LogP contribution in [0.5, 0.6) is 5.75 Å². The van der Waals surface area contributed by atoms with Crippen molar-refractivity contribution in [2.45, 2.75) is 30.6 Å². The van der Waals surface area contributed by atoms with Crippen LogP contribution in [-0.4, -0.2) is 79.7 Å².